The molecule has 4 rings (SSSR count). The molecule has 2 N–H and O–H groups in total. The van der Waals surface area contributed by atoms with Crippen molar-refractivity contribution in [3.63, 3.8) is 0 Å². The summed E-state index contributed by atoms with van der Waals surface area (Å²) in [5.41, 5.74) is 4.95. The minimum absolute atomic E-state index is 0.440. The molecule has 5 nitrogen and oxygen atoms in total. The van der Waals surface area contributed by atoms with Crippen molar-refractivity contribution >= 4 is 33.9 Å². The van der Waals surface area contributed by atoms with Crippen LogP contribution < -0.4 is 10.1 Å². The fourth-order valence-corrected chi connectivity index (χ4v) is 3.14. The third-order valence-electron chi connectivity index (χ3n) is 4.40. The number of ether oxygens (including phenoxy) is 1. The van der Waals surface area contributed by atoms with Crippen molar-refractivity contribution in [1.29, 1.82) is 5.26 Å². The summed E-state index contributed by atoms with van der Waals surface area (Å²) in [5.74, 6) is 1.19. The number of aromatic nitrogens is 2. The summed E-state index contributed by atoms with van der Waals surface area (Å²) in [5, 5.41) is 14.1. The summed E-state index contributed by atoms with van der Waals surface area (Å²) in [6, 6.07) is 17.9. The second kappa shape index (κ2) is 8.03. The maximum Gasteiger partial charge on any atom is 0.119 e. The lowest BCUT2D eigenvalue weighted by Crippen LogP contribution is -1.99. The Labute approximate surface area is 167 Å². The van der Waals surface area contributed by atoms with E-state index in [4.69, 9.17) is 16.3 Å². The smallest absolute Gasteiger partial charge is 0.119 e. The number of hydrogen-bond acceptors (Lipinski definition) is 4. The van der Waals surface area contributed by atoms with Gasteiger partial charge in [0.15, 0.2) is 0 Å². The number of nitrogens with one attached hydrogen (secondary N) is 2. The van der Waals surface area contributed by atoms with Crippen LogP contribution in [0.4, 0.5) is 11.4 Å². The molecule has 28 heavy (non-hydrogen) atoms. The summed E-state index contributed by atoms with van der Waals surface area (Å²) >= 11 is 5.66. The minimum Gasteiger partial charge on any atom is -0.492 e. The van der Waals surface area contributed by atoms with Crippen LogP contribution >= 0.6 is 11.6 Å². The first-order chi connectivity index (χ1) is 13.8. The molecule has 138 valence electrons. The maximum absolute atomic E-state index is 9.58. The number of alkyl halides is 1. The lowest BCUT2D eigenvalue weighted by molar-refractivity contribution is 0.343. The largest absolute Gasteiger partial charge is 0.492 e. The maximum atomic E-state index is 9.58. The van der Waals surface area contributed by atoms with Gasteiger partial charge in [0.2, 0.25) is 0 Å². The lowest BCUT2D eigenvalue weighted by atomic mass is 10.0. The highest BCUT2D eigenvalue weighted by Gasteiger charge is 2.12. The SMILES string of the molecule is N#Cc1cncc(-c2ccc(OCCCl)cc2)c1Nc1ccc2[nH]ccc2c1. The zero-order chi connectivity index (χ0) is 19.3. The highest BCUT2D eigenvalue weighted by atomic mass is 35.5. The van der Waals surface area contributed by atoms with Crippen molar-refractivity contribution in [2.75, 3.05) is 17.8 Å². The normalized spacial score (nSPS) is 10.6. The van der Waals surface area contributed by atoms with Crippen LogP contribution in [0, 0.1) is 11.3 Å². The minimum atomic E-state index is 0.440. The zero-order valence-corrected chi connectivity index (χ0v) is 15.7. The van der Waals surface area contributed by atoms with E-state index < -0.39 is 0 Å². The predicted octanol–water partition coefficient (Wildman–Crippen LogP) is 5.46. The average Bonchev–Trinajstić information content (AvgIpc) is 3.21. The molecule has 0 aliphatic rings. The third-order valence-corrected chi connectivity index (χ3v) is 4.55. The van der Waals surface area contributed by atoms with E-state index in [0.29, 0.717) is 18.1 Å². The molecular formula is C22H17ClN4O. The number of H-pyrrole nitrogens is 1. The van der Waals surface area contributed by atoms with Gasteiger partial charge in [-0.05, 0) is 42.0 Å². The van der Waals surface area contributed by atoms with Gasteiger partial charge in [-0.2, -0.15) is 5.26 Å². The van der Waals surface area contributed by atoms with E-state index in [-0.39, 0.29) is 0 Å². The van der Waals surface area contributed by atoms with E-state index in [1.807, 2.05) is 54.7 Å². The van der Waals surface area contributed by atoms with Crippen LogP contribution in [0.1, 0.15) is 5.56 Å². The Hall–Kier alpha value is -3.49. The van der Waals surface area contributed by atoms with Gasteiger partial charge in [0.05, 0.1) is 17.1 Å². The number of nitriles is 1. The predicted molar refractivity (Wildman–Crippen MR) is 112 cm³/mol. The van der Waals surface area contributed by atoms with Gasteiger partial charge in [0.1, 0.15) is 18.4 Å². The fourth-order valence-electron chi connectivity index (χ4n) is 3.06. The Kier molecular flexibility index (Phi) is 5.14. The average molecular weight is 389 g/mol. The second-order valence-corrected chi connectivity index (χ2v) is 6.57. The third kappa shape index (κ3) is 3.64. The van der Waals surface area contributed by atoms with Crippen molar-refractivity contribution in [1.82, 2.24) is 9.97 Å². The molecule has 0 saturated heterocycles. The molecule has 2 aromatic carbocycles. The molecule has 0 aliphatic carbocycles. The van der Waals surface area contributed by atoms with Crippen molar-refractivity contribution in [2.45, 2.75) is 0 Å². The monoisotopic (exact) mass is 388 g/mol. The first-order valence-corrected chi connectivity index (χ1v) is 9.33. The number of nitrogens with zero attached hydrogens (tertiary/aromatic N) is 2. The molecular weight excluding hydrogens is 372 g/mol. The molecule has 0 amide bonds. The van der Waals surface area contributed by atoms with Crippen LogP contribution in [0.5, 0.6) is 5.75 Å². The molecule has 0 unspecified atom stereocenters. The Bertz CT molecular complexity index is 1150. The van der Waals surface area contributed by atoms with Gasteiger partial charge in [-0.1, -0.05) is 12.1 Å². The molecule has 0 spiro atoms. The number of aromatic amines is 1. The molecule has 0 fully saturated rings. The zero-order valence-electron chi connectivity index (χ0n) is 14.9. The Morgan fingerprint density at radius 1 is 1.11 bits per heavy atom. The summed E-state index contributed by atoms with van der Waals surface area (Å²) in [6.45, 7) is 0.459. The van der Waals surface area contributed by atoms with Crippen molar-refractivity contribution in [3.8, 4) is 22.9 Å². The fraction of sp³-hybridized carbons (Fsp3) is 0.0909. The van der Waals surface area contributed by atoms with Crippen LogP contribution in [0.15, 0.2) is 67.1 Å². The molecule has 2 aromatic heterocycles. The van der Waals surface area contributed by atoms with Gasteiger partial charge in [0.25, 0.3) is 0 Å². The molecule has 0 aliphatic heterocycles. The Morgan fingerprint density at radius 2 is 1.96 bits per heavy atom. The summed E-state index contributed by atoms with van der Waals surface area (Å²) in [7, 11) is 0. The van der Waals surface area contributed by atoms with Crippen molar-refractivity contribution in [2.24, 2.45) is 0 Å². The number of rotatable bonds is 6. The van der Waals surface area contributed by atoms with Gasteiger partial charge < -0.3 is 15.0 Å². The quantitative estimate of drug-likeness (QED) is 0.430. The molecule has 0 bridgehead atoms. The first-order valence-electron chi connectivity index (χ1n) is 8.80. The lowest BCUT2D eigenvalue weighted by Gasteiger charge is -2.14. The number of anilines is 2. The van der Waals surface area contributed by atoms with Crippen LogP contribution in [0.25, 0.3) is 22.0 Å². The van der Waals surface area contributed by atoms with Crippen LogP contribution in [0.2, 0.25) is 0 Å². The summed E-state index contributed by atoms with van der Waals surface area (Å²) < 4.78 is 5.53. The molecule has 2 heterocycles. The molecule has 0 radical (unpaired) electrons. The van der Waals surface area contributed by atoms with Crippen molar-refractivity contribution in [3.05, 3.63) is 72.7 Å². The van der Waals surface area contributed by atoms with Crippen LogP contribution in [-0.4, -0.2) is 22.5 Å². The van der Waals surface area contributed by atoms with Crippen LogP contribution in [-0.2, 0) is 0 Å². The highest BCUT2D eigenvalue weighted by Crippen LogP contribution is 2.34. The molecule has 4 aromatic rings. The van der Waals surface area contributed by atoms with Gasteiger partial charge >= 0.3 is 0 Å². The van der Waals surface area contributed by atoms with E-state index >= 15 is 0 Å². The van der Waals surface area contributed by atoms with Gasteiger partial charge in [0, 0.05) is 40.7 Å². The first kappa shape index (κ1) is 17.9. The van der Waals surface area contributed by atoms with Gasteiger partial charge in [-0.3, -0.25) is 4.98 Å². The number of hydrogen-bond donors (Lipinski definition) is 2. The number of pyridine rings is 1. The number of halogens is 1. The van der Waals surface area contributed by atoms with Crippen molar-refractivity contribution < 1.29 is 4.74 Å². The van der Waals surface area contributed by atoms with E-state index in [1.54, 1.807) is 12.4 Å². The standard InChI is InChI=1S/C22H17ClN4O/c23-8-10-28-19-4-1-15(2-5-19)20-14-25-13-17(12-24)22(20)27-18-3-6-21-16(11-18)7-9-26-21/h1-7,9,11,13-14,26H,8,10H2,(H,25,27). The summed E-state index contributed by atoms with van der Waals surface area (Å²) in [6.07, 6.45) is 5.23. The highest BCUT2D eigenvalue weighted by molar-refractivity contribution is 6.18. The Balaban J connectivity index is 1.71. The van der Waals surface area contributed by atoms with Gasteiger partial charge in [-0.15, -0.1) is 11.6 Å². The van der Waals surface area contributed by atoms with Crippen LogP contribution in [0.3, 0.4) is 0 Å². The van der Waals surface area contributed by atoms with Gasteiger partial charge in [-0.25, -0.2) is 0 Å². The summed E-state index contributed by atoms with van der Waals surface area (Å²) in [4.78, 5) is 7.41. The second-order valence-electron chi connectivity index (χ2n) is 6.19. The molecule has 0 saturated carbocycles. The molecule has 0 atom stereocenters. The van der Waals surface area contributed by atoms with E-state index in [0.717, 1.165) is 39.2 Å². The Morgan fingerprint density at radius 3 is 2.75 bits per heavy atom. The topological polar surface area (TPSA) is 73.7 Å². The number of benzene rings is 2. The van der Waals surface area contributed by atoms with E-state index in [2.05, 4.69) is 21.4 Å². The van der Waals surface area contributed by atoms with E-state index in [9.17, 15) is 5.26 Å². The molecule has 6 heteroatoms. The number of fused-ring (bicyclic) bond motifs is 1. The van der Waals surface area contributed by atoms with E-state index in [1.165, 1.54) is 0 Å².